The zero-order chi connectivity index (χ0) is 22.7. The monoisotopic (exact) mass is 556 g/mol. The Labute approximate surface area is 209 Å². The predicted molar refractivity (Wildman–Crippen MR) is 130 cm³/mol. The highest BCUT2D eigenvalue weighted by Crippen LogP contribution is 2.28. The van der Waals surface area contributed by atoms with E-state index in [0.29, 0.717) is 39.6 Å². The highest BCUT2D eigenvalue weighted by Gasteiger charge is 2.24. The van der Waals surface area contributed by atoms with Gasteiger partial charge in [-0.05, 0) is 42.0 Å². The number of nitrogens with zero attached hydrogens (tertiary/aromatic N) is 4. The molecule has 0 bridgehead atoms. The van der Waals surface area contributed by atoms with Crippen molar-refractivity contribution in [2.45, 2.75) is 13.3 Å². The highest BCUT2D eigenvalue weighted by atomic mass is 79.9. The van der Waals surface area contributed by atoms with E-state index in [9.17, 15) is 4.79 Å². The van der Waals surface area contributed by atoms with Crippen LogP contribution in [0.25, 0.3) is 0 Å². The van der Waals surface area contributed by atoms with Crippen LogP contribution in [0.1, 0.15) is 16.1 Å². The smallest absolute Gasteiger partial charge is 0.274 e. The number of ether oxygens (including phenoxy) is 1. The molecule has 1 aliphatic heterocycles. The second-order valence-electron chi connectivity index (χ2n) is 7.41. The second-order valence-corrected chi connectivity index (χ2v) is 9.54. The lowest BCUT2D eigenvalue weighted by Gasteiger charge is -2.34. The van der Waals surface area contributed by atoms with Gasteiger partial charge in [0.1, 0.15) is 5.75 Å². The van der Waals surface area contributed by atoms with E-state index in [1.807, 2.05) is 29.2 Å². The van der Waals surface area contributed by atoms with Gasteiger partial charge in [-0.25, -0.2) is 4.68 Å². The van der Waals surface area contributed by atoms with Crippen molar-refractivity contribution in [3.05, 3.63) is 79.5 Å². The third-order valence-corrected chi connectivity index (χ3v) is 6.68. The molecule has 32 heavy (non-hydrogen) atoms. The summed E-state index contributed by atoms with van der Waals surface area (Å²) in [5.41, 5.74) is 1.50. The fourth-order valence-corrected chi connectivity index (χ4v) is 4.49. The number of carbonyl (C=O) groups is 1. The predicted octanol–water partition coefficient (Wildman–Crippen LogP) is 5.60. The first kappa shape index (κ1) is 23.4. The molecular formula is C22H20BrCl3N4O2. The zero-order valence-corrected chi connectivity index (χ0v) is 20.8. The Morgan fingerprint density at radius 2 is 1.75 bits per heavy atom. The first-order valence-electron chi connectivity index (χ1n) is 9.96. The Hall–Kier alpha value is -1.77. The quantitative estimate of drug-likeness (QED) is 0.395. The molecule has 0 spiro atoms. The number of hydrogen-bond acceptors (Lipinski definition) is 4. The van der Waals surface area contributed by atoms with E-state index in [-0.39, 0.29) is 12.6 Å². The van der Waals surface area contributed by atoms with Gasteiger partial charge in [-0.3, -0.25) is 9.69 Å². The van der Waals surface area contributed by atoms with E-state index in [4.69, 9.17) is 39.5 Å². The Bertz CT molecular complexity index is 1120. The van der Waals surface area contributed by atoms with Crippen LogP contribution in [0.5, 0.6) is 5.75 Å². The fraction of sp³-hybridized carbons (Fsp3) is 0.273. The van der Waals surface area contributed by atoms with Crippen molar-refractivity contribution in [1.82, 2.24) is 19.6 Å². The maximum atomic E-state index is 12.9. The van der Waals surface area contributed by atoms with E-state index in [1.165, 1.54) is 0 Å². The molecule has 10 heteroatoms. The first-order valence-corrected chi connectivity index (χ1v) is 11.9. The summed E-state index contributed by atoms with van der Waals surface area (Å²) in [6.45, 7) is 3.75. The van der Waals surface area contributed by atoms with Crippen LogP contribution in [0, 0.1) is 0 Å². The molecule has 1 saturated heterocycles. The van der Waals surface area contributed by atoms with Gasteiger partial charge in [0.2, 0.25) is 0 Å². The molecule has 2 heterocycles. The van der Waals surface area contributed by atoms with Gasteiger partial charge in [0.15, 0.2) is 12.4 Å². The molecule has 1 amide bonds. The number of benzene rings is 2. The van der Waals surface area contributed by atoms with Crippen LogP contribution < -0.4 is 4.74 Å². The first-order chi connectivity index (χ1) is 15.4. The lowest BCUT2D eigenvalue weighted by molar-refractivity contribution is 0.0621. The summed E-state index contributed by atoms with van der Waals surface area (Å²) in [4.78, 5) is 17.0. The summed E-state index contributed by atoms with van der Waals surface area (Å²) in [7, 11) is 0. The van der Waals surface area contributed by atoms with Crippen LogP contribution in [-0.2, 0) is 13.3 Å². The van der Waals surface area contributed by atoms with Crippen LogP contribution >= 0.6 is 50.7 Å². The molecule has 4 rings (SSSR count). The lowest BCUT2D eigenvalue weighted by Crippen LogP contribution is -2.48. The standard InChI is InChI=1S/C22H20BrCl3N4O2/c23-16-2-4-21(19(26)12-16)32-14-30-6-5-20(27-30)22(31)29-9-7-28(8-10-29)13-15-1-3-17(24)18(25)11-15/h1-6,11-12H,7-10,13-14H2. The molecule has 6 nitrogen and oxygen atoms in total. The van der Waals surface area contributed by atoms with Crippen molar-refractivity contribution in [3.63, 3.8) is 0 Å². The molecule has 0 N–H and O–H groups in total. The van der Waals surface area contributed by atoms with Gasteiger partial charge in [0.05, 0.1) is 15.1 Å². The van der Waals surface area contributed by atoms with Crippen molar-refractivity contribution in [3.8, 4) is 5.75 Å². The van der Waals surface area contributed by atoms with Gasteiger partial charge < -0.3 is 9.64 Å². The molecule has 1 aromatic heterocycles. The summed E-state index contributed by atoms with van der Waals surface area (Å²) in [5, 5.41) is 5.97. The topological polar surface area (TPSA) is 50.6 Å². The minimum atomic E-state index is -0.0837. The molecule has 0 saturated carbocycles. The molecule has 3 aromatic rings. The van der Waals surface area contributed by atoms with Crippen LogP contribution in [0.15, 0.2) is 53.1 Å². The molecule has 2 aromatic carbocycles. The van der Waals surface area contributed by atoms with Crippen molar-refractivity contribution < 1.29 is 9.53 Å². The van der Waals surface area contributed by atoms with Crippen molar-refractivity contribution >= 4 is 56.6 Å². The third-order valence-electron chi connectivity index (χ3n) is 5.16. The van der Waals surface area contributed by atoms with Gasteiger partial charge in [-0.2, -0.15) is 5.10 Å². The Balaban J connectivity index is 1.28. The Kier molecular flexibility index (Phi) is 7.63. The number of hydrogen-bond donors (Lipinski definition) is 0. The van der Waals surface area contributed by atoms with Crippen LogP contribution in [0.3, 0.4) is 0 Å². The third kappa shape index (κ3) is 5.77. The largest absolute Gasteiger partial charge is 0.470 e. The Morgan fingerprint density at radius 1 is 0.969 bits per heavy atom. The van der Waals surface area contributed by atoms with Gasteiger partial charge in [-0.1, -0.05) is 56.8 Å². The van der Waals surface area contributed by atoms with Crippen molar-refractivity contribution in [2.75, 3.05) is 26.2 Å². The normalized spacial score (nSPS) is 14.6. The van der Waals surface area contributed by atoms with E-state index in [2.05, 4.69) is 25.9 Å². The molecule has 168 valence electrons. The molecule has 0 atom stereocenters. The summed E-state index contributed by atoms with van der Waals surface area (Å²) >= 11 is 21.6. The summed E-state index contributed by atoms with van der Waals surface area (Å²) < 4.78 is 8.15. The number of aromatic nitrogens is 2. The molecule has 0 radical (unpaired) electrons. The fourth-order valence-electron chi connectivity index (χ4n) is 3.44. The maximum Gasteiger partial charge on any atom is 0.274 e. The number of halogens is 4. The lowest BCUT2D eigenvalue weighted by atomic mass is 10.2. The van der Waals surface area contributed by atoms with Gasteiger partial charge in [-0.15, -0.1) is 0 Å². The number of carbonyl (C=O) groups excluding carboxylic acids is 1. The van der Waals surface area contributed by atoms with Gasteiger partial charge >= 0.3 is 0 Å². The number of amides is 1. The molecular weight excluding hydrogens is 539 g/mol. The van der Waals surface area contributed by atoms with E-state index >= 15 is 0 Å². The van der Waals surface area contributed by atoms with E-state index in [0.717, 1.165) is 29.7 Å². The van der Waals surface area contributed by atoms with Crippen molar-refractivity contribution in [1.29, 1.82) is 0 Å². The Morgan fingerprint density at radius 3 is 2.47 bits per heavy atom. The van der Waals surface area contributed by atoms with Crippen LogP contribution in [0.2, 0.25) is 15.1 Å². The molecule has 1 aliphatic rings. The average molecular weight is 559 g/mol. The maximum absolute atomic E-state index is 12.9. The SMILES string of the molecule is O=C(c1ccn(COc2ccc(Br)cc2Cl)n1)N1CCN(Cc2ccc(Cl)c(Cl)c2)CC1. The zero-order valence-electron chi connectivity index (χ0n) is 17.0. The highest BCUT2D eigenvalue weighted by molar-refractivity contribution is 9.10. The second kappa shape index (κ2) is 10.4. The van der Waals surface area contributed by atoms with Gasteiger partial charge in [0.25, 0.3) is 5.91 Å². The van der Waals surface area contributed by atoms with Crippen LogP contribution in [0.4, 0.5) is 0 Å². The van der Waals surface area contributed by atoms with Crippen molar-refractivity contribution in [2.24, 2.45) is 0 Å². The van der Waals surface area contributed by atoms with Gasteiger partial charge in [0, 0.05) is 43.4 Å². The summed E-state index contributed by atoms with van der Waals surface area (Å²) in [6.07, 6.45) is 1.72. The summed E-state index contributed by atoms with van der Waals surface area (Å²) in [5.74, 6) is 0.468. The summed E-state index contributed by atoms with van der Waals surface area (Å²) in [6, 6.07) is 12.8. The molecule has 1 fully saturated rings. The number of piperazine rings is 1. The minimum absolute atomic E-state index is 0.0837. The van der Waals surface area contributed by atoms with E-state index < -0.39 is 0 Å². The van der Waals surface area contributed by atoms with E-state index in [1.54, 1.807) is 29.1 Å². The van der Waals surface area contributed by atoms with Crippen LogP contribution in [-0.4, -0.2) is 51.7 Å². The molecule has 0 unspecified atom stereocenters. The minimum Gasteiger partial charge on any atom is -0.470 e. The number of rotatable bonds is 6. The molecule has 0 aliphatic carbocycles. The average Bonchev–Trinajstić information content (AvgIpc) is 3.25.